The molecule has 0 heterocycles. The minimum absolute atomic E-state index is 0.168. The van der Waals surface area contributed by atoms with Crippen LogP contribution in [-0.4, -0.2) is 76.7 Å². The predicted octanol–water partition coefficient (Wildman–Crippen LogP) is 13.1. The van der Waals surface area contributed by atoms with Crippen LogP contribution in [0, 0.1) is 10.8 Å². The third kappa shape index (κ3) is 15.9. The third-order valence-electron chi connectivity index (χ3n) is 13.9. The molecule has 74 heavy (non-hydrogen) atoms. The number of carbonyl (C=O) groups is 2. The molecule has 0 amide bonds. The van der Waals surface area contributed by atoms with Gasteiger partial charge < -0.3 is 23.8 Å². The number of ether oxygens (including phenoxy) is 2. The van der Waals surface area contributed by atoms with E-state index in [0.29, 0.717) is 13.2 Å². The highest BCUT2D eigenvalue weighted by Gasteiger charge is 2.45. The molecule has 0 radical (unpaired) electrons. The van der Waals surface area contributed by atoms with Gasteiger partial charge in [0.05, 0.1) is 63.3 Å². The largest absolute Gasteiger partial charge is 0.811 e. The van der Waals surface area contributed by atoms with Crippen LogP contribution in [0.15, 0.2) is 182 Å². The molecule has 0 atom stereocenters. The van der Waals surface area contributed by atoms with Crippen LogP contribution in [0.2, 0.25) is 0 Å². The van der Waals surface area contributed by atoms with Gasteiger partial charge in [0.1, 0.15) is 11.2 Å². The molecular weight excluding hydrogens is 980 g/mol. The SMILES string of the molecule is CCP(=O)([O-])[O-].CC[N+](CC)(CC)SC(=O)C(C)(C)COC(c1ccccc1)(c1ccccc1)c1ccccc1.CC[N+](CC)(CC)SC(=O)C(C)(C)COC(c1ccccc1)(c1ccccc1)c1ccccc1. The van der Waals surface area contributed by atoms with Crippen molar-refractivity contribution in [3.05, 3.63) is 215 Å². The molecule has 0 aliphatic carbocycles. The molecule has 0 bridgehead atoms. The van der Waals surface area contributed by atoms with Gasteiger partial charge >= 0.3 is 0 Å². The molecule has 0 saturated heterocycles. The van der Waals surface area contributed by atoms with Crippen molar-refractivity contribution in [1.29, 1.82) is 0 Å². The Balaban J connectivity index is 0.000000289. The quantitative estimate of drug-likeness (QED) is 0.0268. The van der Waals surface area contributed by atoms with Crippen molar-refractivity contribution in [3.8, 4) is 0 Å². The van der Waals surface area contributed by atoms with E-state index in [0.717, 1.165) is 80.4 Å². The Kier molecular flexibility index (Phi) is 23.8. The Hall–Kier alpha value is -4.65. The first-order valence-electron chi connectivity index (χ1n) is 26.0. The maximum absolute atomic E-state index is 13.6. The Morgan fingerprint density at radius 2 is 0.581 bits per heavy atom. The summed E-state index contributed by atoms with van der Waals surface area (Å²) < 4.78 is 24.8. The van der Waals surface area contributed by atoms with Crippen molar-refractivity contribution in [2.24, 2.45) is 10.8 Å². The second kappa shape index (κ2) is 28.5. The topological polar surface area (TPSA) is 116 Å². The van der Waals surface area contributed by atoms with Crippen LogP contribution < -0.4 is 9.79 Å². The van der Waals surface area contributed by atoms with Crippen LogP contribution in [0.5, 0.6) is 0 Å². The van der Waals surface area contributed by atoms with E-state index in [1.165, 1.54) is 30.8 Å². The summed E-state index contributed by atoms with van der Waals surface area (Å²) in [4.78, 5) is 46.0. The summed E-state index contributed by atoms with van der Waals surface area (Å²) in [5.74, 6) is 0. The molecule has 0 aliphatic heterocycles. The summed E-state index contributed by atoms with van der Waals surface area (Å²) >= 11 is 2.91. The van der Waals surface area contributed by atoms with Gasteiger partial charge in [0, 0.05) is 0 Å². The van der Waals surface area contributed by atoms with E-state index in [1.54, 1.807) is 0 Å². The minimum atomic E-state index is -4.15. The van der Waals surface area contributed by atoms with Gasteiger partial charge in [0.15, 0.2) is 23.9 Å². The summed E-state index contributed by atoms with van der Waals surface area (Å²) in [7, 11) is -4.15. The van der Waals surface area contributed by atoms with Crippen molar-refractivity contribution >= 4 is 41.7 Å². The van der Waals surface area contributed by atoms with Crippen molar-refractivity contribution in [2.75, 3.05) is 58.6 Å². The minimum Gasteiger partial charge on any atom is -0.811 e. The van der Waals surface area contributed by atoms with Crippen molar-refractivity contribution < 1.29 is 41.2 Å². The fourth-order valence-electron chi connectivity index (χ4n) is 8.56. The molecule has 0 saturated carbocycles. The van der Waals surface area contributed by atoms with Gasteiger partial charge in [-0.25, -0.2) is 0 Å². The number of carbonyl (C=O) groups excluding carboxylic acids is 2. The maximum Gasteiger partial charge on any atom is 0.253 e. The highest BCUT2D eigenvalue weighted by molar-refractivity contribution is 8.09. The second-order valence-electron chi connectivity index (χ2n) is 19.6. The van der Waals surface area contributed by atoms with Gasteiger partial charge in [-0.2, -0.15) is 0 Å². The maximum atomic E-state index is 13.6. The average molecular weight is 1060 g/mol. The number of quaternary nitrogens is 2. The predicted molar refractivity (Wildman–Crippen MR) is 305 cm³/mol. The van der Waals surface area contributed by atoms with Gasteiger partial charge in [-0.1, -0.05) is 197 Å². The number of hydrogen-bond donors (Lipinski definition) is 0. The lowest BCUT2D eigenvalue weighted by atomic mass is 9.79. The highest BCUT2D eigenvalue weighted by atomic mass is 32.2. The van der Waals surface area contributed by atoms with Gasteiger partial charge in [0.2, 0.25) is 0 Å². The fraction of sp³-hybridized carbons (Fsp3) is 0.387. The third-order valence-corrected chi connectivity index (χ3v) is 18.4. The molecule has 6 aromatic rings. The summed E-state index contributed by atoms with van der Waals surface area (Å²) in [5, 5.41) is 0.335. The van der Waals surface area contributed by atoms with E-state index in [2.05, 4.69) is 114 Å². The van der Waals surface area contributed by atoms with Gasteiger partial charge in [0.25, 0.3) is 10.2 Å². The Morgan fingerprint density at radius 1 is 0.405 bits per heavy atom. The number of nitrogens with zero attached hydrogens (tertiary/aromatic N) is 2. The molecule has 0 N–H and O–H groups in total. The lowest BCUT2D eigenvalue weighted by molar-refractivity contribution is -0.788. The number of hydrogen-bond acceptors (Lipinski definition) is 9. The van der Waals surface area contributed by atoms with Crippen LogP contribution in [-0.2, 0) is 34.8 Å². The lowest BCUT2D eigenvalue weighted by Crippen LogP contribution is -2.45. The van der Waals surface area contributed by atoms with E-state index < -0.39 is 29.6 Å². The molecule has 12 heteroatoms. The first-order chi connectivity index (χ1) is 35.2. The van der Waals surface area contributed by atoms with Gasteiger partial charge in [-0.05, 0) is 109 Å². The second-order valence-corrected chi connectivity index (χ2v) is 24.1. The van der Waals surface area contributed by atoms with Gasteiger partial charge in [-0.15, -0.1) is 0 Å². The monoisotopic (exact) mass is 1060 g/mol. The summed E-state index contributed by atoms with van der Waals surface area (Å²) in [6.07, 6.45) is -0.285. The van der Waals surface area contributed by atoms with Crippen LogP contribution in [0.1, 0.15) is 110 Å². The molecule has 0 aromatic heterocycles. The van der Waals surface area contributed by atoms with E-state index in [4.69, 9.17) is 9.47 Å². The first kappa shape index (κ1) is 61.9. The normalized spacial score (nSPS) is 12.4. The van der Waals surface area contributed by atoms with Crippen molar-refractivity contribution in [1.82, 2.24) is 0 Å². The van der Waals surface area contributed by atoms with E-state index >= 15 is 0 Å². The number of rotatable bonds is 23. The molecule has 6 rings (SSSR count). The molecule has 0 fully saturated rings. The Bertz CT molecular complexity index is 2230. The summed E-state index contributed by atoms with van der Waals surface area (Å²) in [6.45, 7) is 28.4. The first-order valence-corrected chi connectivity index (χ1v) is 29.3. The zero-order valence-electron chi connectivity index (χ0n) is 45.7. The van der Waals surface area contributed by atoms with E-state index in [1.807, 2.05) is 137 Å². The van der Waals surface area contributed by atoms with Crippen molar-refractivity contribution in [2.45, 2.75) is 87.4 Å². The van der Waals surface area contributed by atoms with E-state index in [-0.39, 0.29) is 16.4 Å². The van der Waals surface area contributed by atoms with Crippen LogP contribution in [0.25, 0.3) is 0 Å². The molecule has 0 unspecified atom stereocenters. The zero-order chi connectivity index (χ0) is 54.5. The summed E-state index contributed by atoms with van der Waals surface area (Å²) in [5.41, 5.74) is 3.32. The molecule has 6 aromatic carbocycles. The zero-order valence-corrected chi connectivity index (χ0v) is 48.2. The summed E-state index contributed by atoms with van der Waals surface area (Å²) in [6, 6.07) is 61.9. The number of benzene rings is 6. The molecule has 9 nitrogen and oxygen atoms in total. The lowest BCUT2D eigenvalue weighted by Gasteiger charge is -2.39. The Labute approximate surface area is 452 Å². The van der Waals surface area contributed by atoms with E-state index in [9.17, 15) is 23.9 Å². The average Bonchev–Trinajstić information content (AvgIpc) is 3.44. The van der Waals surface area contributed by atoms with Crippen LogP contribution >= 0.6 is 31.5 Å². The van der Waals surface area contributed by atoms with Crippen molar-refractivity contribution in [3.63, 3.8) is 0 Å². The molecular formula is C62H81N2O7PS2. The Morgan fingerprint density at radius 3 is 0.730 bits per heavy atom. The fourth-order valence-corrected chi connectivity index (χ4v) is 10.7. The molecule has 0 spiro atoms. The smallest absolute Gasteiger partial charge is 0.253 e. The highest BCUT2D eigenvalue weighted by Crippen LogP contribution is 2.45. The van der Waals surface area contributed by atoms with Gasteiger partial charge in [-0.3, -0.25) is 17.4 Å². The van der Waals surface area contributed by atoms with Crippen LogP contribution in [0.4, 0.5) is 0 Å². The standard InChI is InChI=1S/2C30H38NO2S.C2H7O3P/c2*1-6-31(7-2,8-3)34-28(32)29(4,5)24-33-30(25-18-12-9-13-19-25,26-20-14-10-15-21-26)27-22-16-11-17-23-27;1-2-6(3,4)5/h2*9-23H,6-8,24H2,1-5H3;2H2,1H3,(H2,3,4,5)/q2*+1;/p-2. The molecule has 398 valence electrons. The van der Waals surface area contributed by atoms with Crippen LogP contribution in [0.3, 0.4) is 0 Å². The molecule has 0 aliphatic rings.